The highest BCUT2D eigenvalue weighted by atomic mass is 79.9. The standard InChI is InChI=1S/C21H17BrN2O2S/c1-12-16-5-3-4-6-17(16)26-19(12)20(25)24-21-23-13(2)18(27-21)11-14-7-9-15(22)10-8-14/h3-10H,11H2,1-2H3,(H,23,24,25). The van der Waals surface area contributed by atoms with Gasteiger partial charge < -0.3 is 4.42 Å². The van der Waals surface area contributed by atoms with Crippen molar-refractivity contribution in [3.05, 3.63) is 80.5 Å². The Bertz CT molecular complexity index is 1130. The van der Waals surface area contributed by atoms with Crippen LogP contribution in [0.3, 0.4) is 0 Å². The predicted molar refractivity (Wildman–Crippen MR) is 113 cm³/mol. The van der Waals surface area contributed by atoms with Gasteiger partial charge in [0.05, 0.1) is 5.69 Å². The molecule has 1 amide bonds. The Balaban J connectivity index is 1.54. The van der Waals surface area contributed by atoms with Crippen LogP contribution in [0.5, 0.6) is 0 Å². The van der Waals surface area contributed by atoms with E-state index in [0.29, 0.717) is 16.5 Å². The van der Waals surface area contributed by atoms with Crippen LogP contribution in [-0.2, 0) is 6.42 Å². The first-order valence-electron chi connectivity index (χ1n) is 8.51. The van der Waals surface area contributed by atoms with Crippen molar-refractivity contribution >= 4 is 49.3 Å². The SMILES string of the molecule is Cc1nc(NC(=O)c2oc3ccccc3c2C)sc1Cc1ccc(Br)cc1. The second kappa shape index (κ2) is 7.29. The highest BCUT2D eigenvalue weighted by molar-refractivity contribution is 9.10. The summed E-state index contributed by atoms with van der Waals surface area (Å²) >= 11 is 4.95. The lowest BCUT2D eigenvalue weighted by molar-refractivity contribution is 0.0998. The Labute approximate surface area is 169 Å². The van der Waals surface area contributed by atoms with Crippen LogP contribution in [-0.4, -0.2) is 10.9 Å². The van der Waals surface area contributed by atoms with E-state index in [1.165, 1.54) is 16.9 Å². The third kappa shape index (κ3) is 3.68. The molecule has 0 radical (unpaired) electrons. The van der Waals surface area contributed by atoms with Gasteiger partial charge in [-0.2, -0.15) is 0 Å². The van der Waals surface area contributed by atoms with Crippen molar-refractivity contribution in [1.29, 1.82) is 0 Å². The number of thiazole rings is 1. The van der Waals surface area contributed by atoms with Crippen molar-refractivity contribution < 1.29 is 9.21 Å². The highest BCUT2D eigenvalue weighted by Crippen LogP contribution is 2.28. The number of rotatable bonds is 4. The van der Waals surface area contributed by atoms with Gasteiger partial charge in [-0.3, -0.25) is 10.1 Å². The first-order valence-corrected chi connectivity index (χ1v) is 10.1. The largest absolute Gasteiger partial charge is 0.451 e. The zero-order valence-corrected chi connectivity index (χ0v) is 17.3. The number of carbonyl (C=O) groups is 1. The van der Waals surface area contributed by atoms with Gasteiger partial charge in [0.25, 0.3) is 5.91 Å². The maximum Gasteiger partial charge on any atom is 0.293 e. The quantitative estimate of drug-likeness (QED) is 0.416. The Hall–Kier alpha value is -2.44. The summed E-state index contributed by atoms with van der Waals surface area (Å²) in [6, 6.07) is 15.9. The van der Waals surface area contributed by atoms with Crippen LogP contribution >= 0.6 is 27.3 Å². The van der Waals surface area contributed by atoms with Crippen molar-refractivity contribution in [2.24, 2.45) is 0 Å². The van der Waals surface area contributed by atoms with Crippen molar-refractivity contribution in [2.45, 2.75) is 20.3 Å². The molecule has 0 unspecified atom stereocenters. The zero-order valence-electron chi connectivity index (χ0n) is 14.9. The molecular weight excluding hydrogens is 424 g/mol. The number of carbonyl (C=O) groups excluding carboxylic acids is 1. The summed E-state index contributed by atoms with van der Waals surface area (Å²) in [5, 5.41) is 4.42. The van der Waals surface area contributed by atoms with Gasteiger partial charge in [-0.1, -0.05) is 46.3 Å². The van der Waals surface area contributed by atoms with Gasteiger partial charge in [0.15, 0.2) is 10.9 Å². The number of nitrogens with one attached hydrogen (secondary N) is 1. The molecule has 2 aromatic carbocycles. The maximum absolute atomic E-state index is 12.7. The molecule has 1 N–H and O–H groups in total. The second-order valence-electron chi connectivity index (χ2n) is 6.34. The van der Waals surface area contributed by atoms with Crippen LogP contribution in [0.15, 0.2) is 57.4 Å². The lowest BCUT2D eigenvalue weighted by Gasteiger charge is -2.00. The normalized spacial score (nSPS) is 11.1. The van der Waals surface area contributed by atoms with Crippen LogP contribution in [0.4, 0.5) is 5.13 Å². The average molecular weight is 441 g/mol. The average Bonchev–Trinajstić information content (AvgIpc) is 3.17. The summed E-state index contributed by atoms with van der Waals surface area (Å²) in [5.74, 6) is 0.0613. The monoisotopic (exact) mass is 440 g/mol. The van der Waals surface area contributed by atoms with Crippen molar-refractivity contribution in [3.8, 4) is 0 Å². The number of fused-ring (bicyclic) bond motifs is 1. The summed E-state index contributed by atoms with van der Waals surface area (Å²) in [6.45, 7) is 3.86. The fraction of sp³-hybridized carbons (Fsp3) is 0.143. The molecule has 0 saturated carbocycles. The highest BCUT2D eigenvalue weighted by Gasteiger charge is 2.19. The molecule has 0 aliphatic rings. The molecule has 136 valence electrons. The number of nitrogens with zero attached hydrogens (tertiary/aromatic N) is 1. The molecule has 27 heavy (non-hydrogen) atoms. The van der Waals surface area contributed by atoms with Crippen LogP contribution in [0.1, 0.15) is 32.3 Å². The zero-order chi connectivity index (χ0) is 19.0. The third-order valence-electron chi connectivity index (χ3n) is 4.44. The predicted octanol–water partition coefficient (Wildman–Crippen LogP) is 6.11. The van der Waals surface area contributed by atoms with Gasteiger partial charge in [-0.05, 0) is 37.6 Å². The van der Waals surface area contributed by atoms with E-state index in [9.17, 15) is 4.79 Å². The molecule has 0 saturated heterocycles. The number of anilines is 1. The summed E-state index contributed by atoms with van der Waals surface area (Å²) in [7, 11) is 0. The molecule has 0 fully saturated rings. The van der Waals surface area contributed by atoms with Crippen molar-refractivity contribution in [3.63, 3.8) is 0 Å². The lowest BCUT2D eigenvalue weighted by atomic mass is 10.1. The fourth-order valence-corrected chi connectivity index (χ4v) is 4.23. The molecule has 0 bridgehead atoms. The number of para-hydroxylation sites is 1. The van der Waals surface area contributed by atoms with E-state index >= 15 is 0 Å². The minimum absolute atomic E-state index is 0.271. The lowest BCUT2D eigenvalue weighted by Crippen LogP contribution is -2.11. The van der Waals surface area contributed by atoms with E-state index in [1.54, 1.807) is 0 Å². The molecule has 4 nitrogen and oxygen atoms in total. The number of amides is 1. The molecule has 2 heterocycles. The van der Waals surface area contributed by atoms with Crippen LogP contribution in [0.25, 0.3) is 11.0 Å². The number of hydrogen-bond donors (Lipinski definition) is 1. The van der Waals surface area contributed by atoms with E-state index < -0.39 is 0 Å². The summed E-state index contributed by atoms with van der Waals surface area (Å²) in [4.78, 5) is 18.3. The first-order chi connectivity index (χ1) is 13.0. The van der Waals surface area contributed by atoms with Gasteiger partial charge in [-0.15, -0.1) is 11.3 Å². The Morgan fingerprint density at radius 2 is 1.89 bits per heavy atom. The number of halogens is 1. The van der Waals surface area contributed by atoms with Crippen molar-refractivity contribution in [2.75, 3.05) is 5.32 Å². The van der Waals surface area contributed by atoms with E-state index in [-0.39, 0.29) is 5.91 Å². The van der Waals surface area contributed by atoms with Gasteiger partial charge >= 0.3 is 0 Å². The van der Waals surface area contributed by atoms with E-state index in [1.807, 2.05) is 50.2 Å². The van der Waals surface area contributed by atoms with E-state index in [2.05, 4.69) is 38.4 Å². The number of hydrogen-bond acceptors (Lipinski definition) is 4. The topological polar surface area (TPSA) is 55.1 Å². The molecule has 6 heteroatoms. The smallest absolute Gasteiger partial charge is 0.293 e. The van der Waals surface area contributed by atoms with Gasteiger partial charge in [0.1, 0.15) is 5.58 Å². The van der Waals surface area contributed by atoms with Gasteiger partial charge in [0.2, 0.25) is 0 Å². The molecule has 0 atom stereocenters. The van der Waals surface area contributed by atoms with E-state index in [0.717, 1.165) is 32.4 Å². The maximum atomic E-state index is 12.7. The summed E-state index contributed by atoms with van der Waals surface area (Å²) in [6.07, 6.45) is 0.788. The fourth-order valence-electron chi connectivity index (χ4n) is 2.98. The minimum atomic E-state index is -0.271. The van der Waals surface area contributed by atoms with E-state index in [4.69, 9.17) is 4.42 Å². The third-order valence-corrected chi connectivity index (χ3v) is 6.04. The Kier molecular flexibility index (Phi) is 4.85. The first kappa shape index (κ1) is 17.9. The molecule has 0 spiro atoms. The molecular formula is C21H17BrN2O2S. The van der Waals surface area contributed by atoms with Gasteiger partial charge in [0, 0.05) is 26.7 Å². The molecule has 2 aromatic heterocycles. The van der Waals surface area contributed by atoms with Gasteiger partial charge in [-0.25, -0.2) is 4.98 Å². The molecule has 0 aliphatic carbocycles. The number of furan rings is 1. The second-order valence-corrected chi connectivity index (χ2v) is 8.34. The number of aryl methyl sites for hydroxylation is 2. The van der Waals surface area contributed by atoms with Crippen LogP contribution in [0, 0.1) is 13.8 Å². The Morgan fingerprint density at radius 1 is 1.15 bits per heavy atom. The van der Waals surface area contributed by atoms with Crippen molar-refractivity contribution in [1.82, 2.24) is 4.98 Å². The minimum Gasteiger partial charge on any atom is -0.451 e. The van der Waals surface area contributed by atoms with Crippen LogP contribution in [0.2, 0.25) is 0 Å². The Morgan fingerprint density at radius 3 is 2.63 bits per heavy atom. The molecule has 4 aromatic rings. The number of aromatic nitrogens is 1. The molecule has 0 aliphatic heterocycles. The molecule has 4 rings (SSSR count). The summed E-state index contributed by atoms with van der Waals surface area (Å²) < 4.78 is 6.79. The summed E-state index contributed by atoms with van der Waals surface area (Å²) in [5.41, 5.74) is 3.69. The van der Waals surface area contributed by atoms with Crippen LogP contribution < -0.4 is 5.32 Å². The number of benzene rings is 2.